The first kappa shape index (κ1) is 13.0. The lowest BCUT2D eigenvalue weighted by atomic mass is 10.3. The largest absolute Gasteiger partial charge is 0.454 e. The molecule has 0 aromatic heterocycles. The lowest BCUT2D eigenvalue weighted by Crippen LogP contribution is -2.35. The van der Waals surface area contributed by atoms with Gasteiger partial charge in [0.2, 0.25) is 16.8 Å². The molecule has 7 heteroatoms. The molecule has 2 N–H and O–H groups in total. The van der Waals surface area contributed by atoms with Crippen LogP contribution in [-0.2, 0) is 10.0 Å². The number of fused-ring (bicyclic) bond motifs is 1. The SMILES string of the molecule is CCN(c1ccc2c(c1)OCO2)S(=O)(=O)CCN. The monoisotopic (exact) mass is 272 g/mol. The van der Waals surface area contributed by atoms with Crippen LogP contribution in [0.5, 0.6) is 11.5 Å². The van der Waals surface area contributed by atoms with E-state index >= 15 is 0 Å². The van der Waals surface area contributed by atoms with Crippen LogP contribution in [0.3, 0.4) is 0 Å². The second kappa shape index (κ2) is 5.03. The normalized spacial score (nSPS) is 13.7. The second-order valence-electron chi connectivity index (χ2n) is 3.81. The molecule has 0 atom stereocenters. The maximum atomic E-state index is 12.0. The van der Waals surface area contributed by atoms with E-state index in [9.17, 15) is 8.42 Å². The lowest BCUT2D eigenvalue weighted by molar-refractivity contribution is 0.174. The minimum absolute atomic E-state index is 0.0741. The van der Waals surface area contributed by atoms with Gasteiger partial charge in [0.05, 0.1) is 11.4 Å². The highest BCUT2D eigenvalue weighted by molar-refractivity contribution is 7.92. The lowest BCUT2D eigenvalue weighted by Gasteiger charge is -2.22. The molecule has 0 radical (unpaired) electrons. The number of anilines is 1. The number of nitrogens with zero attached hydrogens (tertiary/aromatic N) is 1. The molecule has 1 aliphatic rings. The third-order valence-corrected chi connectivity index (χ3v) is 4.54. The highest BCUT2D eigenvalue weighted by Gasteiger charge is 2.22. The zero-order valence-electron chi connectivity index (χ0n) is 10.1. The molecule has 1 aliphatic heterocycles. The number of sulfonamides is 1. The van der Waals surface area contributed by atoms with Crippen molar-refractivity contribution < 1.29 is 17.9 Å². The first-order chi connectivity index (χ1) is 8.58. The van der Waals surface area contributed by atoms with E-state index in [1.54, 1.807) is 25.1 Å². The van der Waals surface area contributed by atoms with Crippen LogP contribution in [-0.4, -0.2) is 34.1 Å². The van der Waals surface area contributed by atoms with Gasteiger partial charge in [-0.3, -0.25) is 4.31 Å². The van der Waals surface area contributed by atoms with Crippen molar-refractivity contribution in [3.63, 3.8) is 0 Å². The van der Waals surface area contributed by atoms with Gasteiger partial charge in [-0.15, -0.1) is 0 Å². The summed E-state index contributed by atoms with van der Waals surface area (Å²) in [6, 6.07) is 5.07. The maximum absolute atomic E-state index is 12.0. The molecule has 0 aliphatic carbocycles. The number of benzene rings is 1. The average Bonchev–Trinajstić information content (AvgIpc) is 2.76. The van der Waals surface area contributed by atoms with Gasteiger partial charge in [-0.25, -0.2) is 8.42 Å². The fraction of sp³-hybridized carbons (Fsp3) is 0.455. The molecule has 0 amide bonds. The van der Waals surface area contributed by atoms with Gasteiger partial charge in [-0.05, 0) is 19.1 Å². The van der Waals surface area contributed by atoms with Gasteiger partial charge in [0.15, 0.2) is 11.5 Å². The molecule has 0 saturated heterocycles. The zero-order valence-corrected chi connectivity index (χ0v) is 10.9. The van der Waals surface area contributed by atoms with Crippen LogP contribution < -0.4 is 19.5 Å². The van der Waals surface area contributed by atoms with Gasteiger partial charge >= 0.3 is 0 Å². The summed E-state index contributed by atoms with van der Waals surface area (Å²) in [7, 11) is -3.38. The quantitative estimate of drug-likeness (QED) is 0.845. The molecule has 2 rings (SSSR count). The van der Waals surface area contributed by atoms with Crippen molar-refractivity contribution in [3.8, 4) is 11.5 Å². The molecule has 0 saturated carbocycles. The van der Waals surface area contributed by atoms with Crippen LogP contribution in [0.2, 0.25) is 0 Å². The summed E-state index contributed by atoms with van der Waals surface area (Å²) < 4.78 is 35.8. The highest BCUT2D eigenvalue weighted by Crippen LogP contribution is 2.36. The molecule has 18 heavy (non-hydrogen) atoms. The van der Waals surface area contributed by atoms with Crippen LogP contribution in [0.1, 0.15) is 6.92 Å². The Bertz CT molecular complexity index is 530. The summed E-state index contributed by atoms with van der Waals surface area (Å²) in [5.41, 5.74) is 5.89. The van der Waals surface area contributed by atoms with Crippen molar-refractivity contribution in [2.75, 3.05) is 29.9 Å². The number of ether oxygens (including phenoxy) is 2. The van der Waals surface area contributed by atoms with E-state index in [1.165, 1.54) is 4.31 Å². The molecule has 100 valence electrons. The van der Waals surface area contributed by atoms with Gasteiger partial charge in [0.25, 0.3) is 0 Å². The van der Waals surface area contributed by atoms with E-state index in [4.69, 9.17) is 15.2 Å². The van der Waals surface area contributed by atoms with Crippen LogP contribution in [0.25, 0.3) is 0 Å². The Hall–Kier alpha value is -1.47. The maximum Gasteiger partial charge on any atom is 0.236 e. The molecule has 0 fully saturated rings. The van der Waals surface area contributed by atoms with Gasteiger partial charge < -0.3 is 15.2 Å². The standard InChI is InChI=1S/C11H16N2O4S/c1-2-13(18(14,15)6-5-12)9-3-4-10-11(7-9)17-8-16-10/h3-4,7H,2,5-6,8,12H2,1H3. The molecular formula is C11H16N2O4S. The molecule has 1 aromatic rings. The Labute approximate surface area is 106 Å². The van der Waals surface area contributed by atoms with E-state index < -0.39 is 10.0 Å². The Kier molecular flexibility index (Phi) is 3.63. The predicted molar refractivity (Wildman–Crippen MR) is 68.4 cm³/mol. The van der Waals surface area contributed by atoms with Crippen LogP contribution in [0.15, 0.2) is 18.2 Å². The van der Waals surface area contributed by atoms with Gasteiger partial charge in [0, 0.05) is 19.2 Å². The number of hydrogen-bond acceptors (Lipinski definition) is 5. The third-order valence-electron chi connectivity index (χ3n) is 2.64. The number of hydrogen-bond donors (Lipinski definition) is 1. The topological polar surface area (TPSA) is 81.9 Å². The molecule has 6 nitrogen and oxygen atoms in total. The van der Waals surface area contributed by atoms with Crippen LogP contribution in [0, 0.1) is 0 Å². The fourth-order valence-electron chi connectivity index (χ4n) is 1.84. The summed E-state index contributed by atoms with van der Waals surface area (Å²) in [5.74, 6) is 1.12. The van der Waals surface area contributed by atoms with E-state index in [0.29, 0.717) is 23.7 Å². The molecular weight excluding hydrogens is 256 g/mol. The van der Waals surface area contributed by atoms with E-state index in [0.717, 1.165) is 0 Å². The Morgan fingerprint density at radius 2 is 2.06 bits per heavy atom. The summed E-state index contributed by atoms with van der Waals surface area (Å²) in [4.78, 5) is 0. The molecule has 1 aromatic carbocycles. The van der Waals surface area contributed by atoms with Gasteiger partial charge in [-0.2, -0.15) is 0 Å². The minimum atomic E-state index is -3.38. The van der Waals surface area contributed by atoms with Crippen LogP contribution >= 0.6 is 0 Å². The predicted octanol–water partition coefficient (Wildman–Crippen LogP) is 0.530. The number of nitrogens with two attached hydrogens (primary N) is 1. The minimum Gasteiger partial charge on any atom is -0.454 e. The molecule has 0 spiro atoms. The van der Waals surface area contributed by atoms with Crippen molar-refractivity contribution >= 4 is 15.7 Å². The van der Waals surface area contributed by atoms with Gasteiger partial charge in [-0.1, -0.05) is 0 Å². The van der Waals surface area contributed by atoms with Crippen molar-refractivity contribution in [1.82, 2.24) is 0 Å². The second-order valence-corrected chi connectivity index (χ2v) is 5.82. The Morgan fingerprint density at radius 3 is 2.72 bits per heavy atom. The smallest absolute Gasteiger partial charge is 0.236 e. The fourth-order valence-corrected chi connectivity index (χ4v) is 3.19. The molecule has 0 unspecified atom stereocenters. The summed E-state index contributed by atoms with van der Waals surface area (Å²) in [6.45, 7) is 2.39. The van der Waals surface area contributed by atoms with E-state index in [1.807, 2.05) is 0 Å². The summed E-state index contributed by atoms with van der Waals surface area (Å²) in [5, 5.41) is 0. The van der Waals surface area contributed by atoms with Crippen LogP contribution in [0.4, 0.5) is 5.69 Å². The Morgan fingerprint density at radius 1 is 1.33 bits per heavy atom. The summed E-state index contributed by atoms with van der Waals surface area (Å²) >= 11 is 0. The molecule has 0 bridgehead atoms. The average molecular weight is 272 g/mol. The molecule has 1 heterocycles. The Balaban J connectivity index is 2.34. The van der Waals surface area contributed by atoms with E-state index in [-0.39, 0.29) is 19.1 Å². The van der Waals surface area contributed by atoms with Gasteiger partial charge in [0.1, 0.15) is 0 Å². The highest BCUT2D eigenvalue weighted by atomic mass is 32.2. The van der Waals surface area contributed by atoms with Crippen molar-refractivity contribution in [2.24, 2.45) is 5.73 Å². The van der Waals surface area contributed by atoms with E-state index in [2.05, 4.69) is 0 Å². The number of rotatable bonds is 5. The zero-order chi connectivity index (χ0) is 13.2. The summed E-state index contributed by atoms with van der Waals surface area (Å²) in [6.07, 6.45) is 0. The van der Waals surface area contributed by atoms with Crippen molar-refractivity contribution in [2.45, 2.75) is 6.92 Å². The third kappa shape index (κ3) is 2.37. The van der Waals surface area contributed by atoms with Crippen molar-refractivity contribution in [1.29, 1.82) is 0 Å². The van der Waals surface area contributed by atoms with Crippen molar-refractivity contribution in [3.05, 3.63) is 18.2 Å². The first-order valence-corrected chi connectivity index (χ1v) is 7.29. The first-order valence-electron chi connectivity index (χ1n) is 5.68.